The maximum absolute atomic E-state index is 5.80. The number of rotatable bonds is 4. The van der Waals surface area contributed by atoms with Gasteiger partial charge in [-0.05, 0) is 36.4 Å². The third-order valence-electron chi connectivity index (χ3n) is 2.99. The van der Waals surface area contributed by atoms with Crippen molar-refractivity contribution in [3.8, 4) is 5.75 Å². The number of halogens is 1. The predicted octanol–water partition coefficient (Wildman–Crippen LogP) is 4.94. The summed E-state index contributed by atoms with van der Waals surface area (Å²) in [6.45, 7) is 0. The van der Waals surface area contributed by atoms with Crippen molar-refractivity contribution >= 4 is 54.9 Å². The molecule has 0 spiro atoms. The van der Waals surface area contributed by atoms with Crippen LogP contribution < -0.4 is 10.5 Å². The molecule has 1 aromatic heterocycles. The summed E-state index contributed by atoms with van der Waals surface area (Å²) >= 11 is 6.87. The fourth-order valence-electron chi connectivity index (χ4n) is 1.98. The average Bonchev–Trinajstić information content (AvgIpc) is 2.87. The molecule has 0 atom stereocenters. The van der Waals surface area contributed by atoms with E-state index in [9.17, 15) is 0 Å². The second-order valence-electron chi connectivity index (χ2n) is 4.45. The number of nitrogen functional groups attached to an aromatic ring is 1. The summed E-state index contributed by atoms with van der Waals surface area (Å²) in [5.41, 5.74) is 8.72. The number of benzene rings is 2. The summed E-state index contributed by atoms with van der Waals surface area (Å²) in [4.78, 5) is 4.62. The van der Waals surface area contributed by atoms with Gasteiger partial charge in [-0.2, -0.15) is 0 Å². The number of methoxy groups -OCH3 is 1. The van der Waals surface area contributed by atoms with E-state index in [4.69, 9.17) is 10.5 Å². The molecule has 3 aromatic rings. The number of hydrogen-bond donors (Lipinski definition) is 1. The van der Waals surface area contributed by atoms with E-state index in [1.807, 2.05) is 30.3 Å². The maximum atomic E-state index is 5.80. The highest BCUT2D eigenvalue weighted by molar-refractivity contribution is 9.10. The van der Waals surface area contributed by atoms with Crippen molar-refractivity contribution in [3.63, 3.8) is 0 Å². The summed E-state index contributed by atoms with van der Waals surface area (Å²) < 4.78 is 8.61. The first-order valence-electron chi connectivity index (χ1n) is 6.27. The van der Waals surface area contributed by atoms with Crippen LogP contribution in [0.15, 0.2) is 45.2 Å². The van der Waals surface area contributed by atoms with Gasteiger partial charge in [0.1, 0.15) is 5.75 Å². The van der Waals surface area contributed by atoms with Crippen LogP contribution in [-0.4, -0.2) is 12.1 Å². The molecule has 0 aliphatic heterocycles. The Labute approximate surface area is 139 Å². The van der Waals surface area contributed by atoms with E-state index >= 15 is 0 Å². The largest absolute Gasteiger partial charge is 0.496 e. The molecule has 3 nitrogen and oxygen atoms in total. The van der Waals surface area contributed by atoms with E-state index in [-0.39, 0.29) is 0 Å². The number of hydrogen-bond acceptors (Lipinski definition) is 5. The second-order valence-corrected chi connectivity index (χ2v) is 7.62. The molecule has 0 amide bonds. The number of fused-ring (bicyclic) bond motifs is 1. The van der Waals surface area contributed by atoms with Gasteiger partial charge in [0, 0.05) is 21.5 Å². The van der Waals surface area contributed by atoms with E-state index in [0.717, 1.165) is 41.8 Å². The first kappa shape index (κ1) is 14.7. The summed E-state index contributed by atoms with van der Waals surface area (Å²) in [6.07, 6.45) is 0. The van der Waals surface area contributed by atoms with Crippen LogP contribution in [0, 0.1) is 0 Å². The van der Waals surface area contributed by atoms with Crippen molar-refractivity contribution in [1.29, 1.82) is 0 Å². The van der Waals surface area contributed by atoms with Crippen LogP contribution in [0.1, 0.15) is 5.56 Å². The normalized spacial score (nSPS) is 11.0. The minimum absolute atomic E-state index is 0.774. The van der Waals surface area contributed by atoms with Gasteiger partial charge in [-0.25, -0.2) is 4.98 Å². The number of aromatic nitrogens is 1. The summed E-state index contributed by atoms with van der Waals surface area (Å²) in [6, 6.07) is 11.8. The lowest BCUT2D eigenvalue weighted by atomic mass is 10.2. The number of thioether (sulfide) groups is 1. The first-order chi connectivity index (χ1) is 10.2. The van der Waals surface area contributed by atoms with Crippen LogP contribution in [0.4, 0.5) is 5.69 Å². The molecule has 0 saturated heterocycles. The Kier molecular flexibility index (Phi) is 4.37. The van der Waals surface area contributed by atoms with Gasteiger partial charge < -0.3 is 10.5 Å². The molecular weight excluding hydrogens is 368 g/mol. The molecule has 0 aliphatic rings. The lowest BCUT2D eigenvalue weighted by Crippen LogP contribution is -1.90. The van der Waals surface area contributed by atoms with Gasteiger partial charge >= 0.3 is 0 Å². The van der Waals surface area contributed by atoms with Gasteiger partial charge in [0.05, 0.1) is 17.3 Å². The van der Waals surface area contributed by atoms with Gasteiger partial charge in [0.25, 0.3) is 0 Å². The summed E-state index contributed by atoms with van der Waals surface area (Å²) in [5, 5.41) is 0. The number of ether oxygens (including phenoxy) is 1. The molecule has 2 aromatic carbocycles. The number of nitrogens with two attached hydrogens (primary N) is 1. The predicted molar refractivity (Wildman–Crippen MR) is 94.3 cm³/mol. The zero-order chi connectivity index (χ0) is 14.8. The van der Waals surface area contributed by atoms with Crippen molar-refractivity contribution in [2.75, 3.05) is 12.8 Å². The van der Waals surface area contributed by atoms with Crippen molar-refractivity contribution < 1.29 is 4.74 Å². The maximum Gasteiger partial charge on any atom is 0.151 e. The van der Waals surface area contributed by atoms with Crippen molar-refractivity contribution in [2.45, 2.75) is 10.1 Å². The lowest BCUT2D eigenvalue weighted by Gasteiger charge is -2.07. The molecule has 0 saturated carbocycles. The Morgan fingerprint density at radius 3 is 2.95 bits per heavy atom. The molecule has 1 heterocycles. The Morgan fingerprint density at radius 1 is 1.29 bits per heavy atom. The highest BCUT2D eigenvalue weighted by Crippen LogP contribution is 2.34. The van der Waals surface area contributed by atoms with E-state index in [1.54, 1.807) is 30.2 Å². The van der Waals surface area contributed by atoms with E-state index in [2.05, 4.69) is 27.0 Å². The van der Waals surface area contributed by atoms with Gasteiger partial charge in [-0.15, -0.1) is 11.3 Å². The fraction of sp³-hybridized carbons (Fsp3) is 0.133. The molecule has 0 aliphatic carbocycles. The lowest BCUT2D eigenvalue weighted by molar-refractivity contribution is 0.411. The Morgan fingerprint density at radius 2 is 2.14 bits per heavy atom. The van der Waals surface area contributed by atoms with E-state index < -0.39 is 0 Å². The Hall–Kier alpha value is -1.24. The number of anilines is 1. The minimum Gasteiger partial charge on any atom is -0.496 e. The zero-order valence-corrected chi connectivity index (χ0v) is 14.5. The fourth-order valence-corrected chi connectivity index (χ4v) is 4.48. The molecule has 0 fully saturated rings. The van der Waals surface area contributed by atoms with E-state index in [1.165, 1.54) is 0 Å². The van der Waals surface area contributed by atoms with Crippen LogP contribution in [0.3, 0.4) is 0 Å². The van der Waals surface area contributed by atoms with Crippen LogP contribution in [0.2, 0.25) is 0 Å². The van der Waals surface area contributed by atoms with E-state index in [0.29, 0.717) is 0 Å². The average molecular weight is 381 g/mol. The highest BCUT2D eigenvalue weighted by Gasteiger charge is 2.08. The van der Waals surface area contributed by atoms with Gasteiger partial charge in [-0.3, -0.25) is 0 Å². The smallest absolute Gasteiger partial charge is 0.151 e. The monoisotopic (exact) mass is 380 g/mol. The second kappa shape index (κ2) is 6.25. The molecule has 6 heteroatoms. The molecule has 2 N–H and O–H groups in total. The molecule has 108 valence electrons. The standard InChI is InChI=1S/C15H13BrN2OS2/c1-19-13-5-2-10(16)6-9(13)8-20-15-18-12-4-3-11(17)7-14(12)21-15/h2-7H,8,17H2,1H3. The molecule has 0 unspecified atom stereocenters. The Balaban J connectivity index is 1.81. The SMILES string of the molecule is COc1ccc(Br)cc1CSc1nc2ccc(N)cc2s1. The highest BCUT2D eigenvalue weighted by atomic mass is 79.9. The molecule has 0 bridgehead atoms. The third kappa shape index (κ3) is 3.33. The van der Waals surface area contributed by atoms with Crippen molar-refractivity contribution in [1.82, 2.24) is 4.98 Å². The van der Waals surface area contributed by atoms with Gasteiger partial charge in [0.15, 0.2) is 4.34 Å². The first-order valence-corrected chi connectivity index (χ1v) is 8.86. The summed E-state index contributed by atoms with van der Waals surface area (Å²) in [5.74, 6) is 1.72. The van der Waals surface area contributed by atoms with Crippen LogP contribution in [0.5, 0.6) is 5.75 Å². The zero-order valence-electron chi connectivity index (χ0n) is 11.3. The topological polar surface area (TPSA) is 48.1 Å². The summed E-state index contributed by atoms with van der Waals surface area (Å²) in [7, 11) is 1.69. The molecule has 0 radical (unpaired) electrons. The van der Waals surface area contributed by atoms with Crippen LogP contribution in [0.25, 0.3) is 10.2 Å². The molecule has 3 rings (SSSR count). The molecule has 21 heavy (non-hydrogen) atoms. The van der Waals surface area contributed by atoms with Crippen LogP contribution >= 0.6 is 39.0 Å². The van der Waals surface area contributed by atoms with Gasteiger partial charge in [-0.1, -0.05) is 27.7 Å². The number of thiazole rings is 1. The third-order valence-corrected chi connectivity index (χ3v) is 5.69. The Bertz CT molecular complexity index is 788. The van der Waals surface area contributed by atoms with Crippen LogP contribution in [-0.2, 0) is 5.75 Å². The van der Waals surface area contributed by atoms with Crippen molar-refractivity contribution in [2.24, 2.45) is 0 Å². The number of nitrogens with zero attached hydrogens (tertiary/aromatic N) is 1. The minimum atomic E-state index is 0.774. The molecular formula is C15H13BrN2OS2. The van der Waals surface area contributed by atoms with Crippen molar-refractivity contribution in [3.05, 3.63) is 46.4 Å². The van der Waals surface area contributed by atoms with Gasteiger partial charge in [0.2, 0.25) is 0 Å². The quantitative estimate of drug-likeness (QED) is 0.514.